The van der Waals surface area contributed by atoms with Gasteiger partial charge < -0.3 is 4.90 Å². The largest absolute Gasteiger partial charge is 0.341 e. The molecule has 1 amide bonds. The van der Waals surface area contributed by atoms with E-state index in [1.807, 2.05) is 4.90 Å². The standard InChI is InChI=1S/C12H18Cl2N2O/c1-15-8-2-3-9(15)7-16(5-4-8)11(17)10-6-12(10,13)14/h8-10H,2-7H2,1H3. The highest BCUT2D eigenvalue weighted by atomic mass is 35.5. The SMILES string of the molecule is CN1C2CCC1CN(C(=O)C1CC1(Cl)Cl)CC2. The van der Waals surface area contributed by atoms with Gasteiger partial charge in [-0.2, -0.15) is 0 Å². The number of hydrogen-bond donors (Lipinski definition) is 0. The lowest BCUT2D eigenvalue weighted by Crippen LogP contribution is -2.41. The van der Waals surface area contributed by atoms with Crippen molar-refractivity contribution in [1.29, 1.82) is 0 Å². The highest BCUT2D eigenvalue weighted by Crippen LogP contribution is 2.54. The van der Waals surface area contributed by atoms with E-state index in [1.54, 1.807) is 0 Å². The van der Waals surface area contributed by atoms with Gasteiger partial charge in [-0.1, -0.05) is 0 Å². The van der Waals surface area contributed by atoms with E-state index in [4.69, 9.17) is 23.2 Å². The van der Waals surface area contributed by atoms with E-state index in [1.165, 1.54) is 12.8 Å². The number of likely N-dealkylation sites (N-methyl/N-ethyl adjacent to an activating group) is 1. The first-order chi connectivity index (χ1) is 7.99. The zero-order valence-corrected chi connectivity index (χ0v) is 11.5. The molecular weight excluding hydrogens is 259 g/mol. The fourth-order valence-corrected chi connectivity index (χ4v) is 3.71. The van der Waals surface area contributed by atoms with Gasteiger partial charge >= 0.3 is 0 Å². The molecule has 3 nitrogen and oxygen atoms in total. The number of halogens is 2. The first kappa shape index (κ1) is 12.1. The average molecular weight is 277 g/mol. The highest BCUT2D eigenvalue weighted by Gasteiger charge is 2.57. The number of amides is 1. The summed E-state index contributed by atoms with van der Waals surface area (Å²) in [7, 11) is 2.18. The molecule has 3 aliphatic rings. The Morgan fingerprint density at radius 3 is 2.53 bits per heavy atom. The van der Waals surface area contributed by atoms with Crippen molar-refractivity contribution in [1.82, 2.24) is 9.80 Å². The zero-order valence-electron chi connectivity index (χ0n) is 10.0. The fourth-order valence-electron chi connectivity index (χ4n) is 3.21. The first-order valence-corrected chi connectivity index (χ1v) is 7.13. The minimum atomic E-state index is -0.783. The Bertz CT molecular complexity index is 347. The third-order valence-corrected chi connectivity index (χ3v) is 5.42. The number of rotatable bonds is 1. The highest BCUT2D eigenvalue weighted by molar-refractivity contribution is 6.52. The van der Waals surface area contributed by atoms with Gasteiger partial charge in [0.2, 0.25) is 5.91 Å². The lowest BCUT2D eigenvalue weighted by Gasteiger charge is -2.26. The number of fused-ring (bicyclic) bond motifs is 2. The summed E-state index contributed by atoms with van der Waals surface area (Å²) >= 11 is 12.0. The van der Waals surface area contributed by atoms with Crippen LogP contribution in [-0.2, 0) is 4.79 Å². The molecule has 17 heavy (non-hydrogen) atoms. The number of likely N-dealkylation sites (tertiary alicyclic amines) is 1. The van der Waals surface area contributed by atoms with Gasteiger partial charge in [-0.05, 0) is 32.7 Å². The van der Waals surface area contributed by atoms with E-state index in [9.17, 15) is 4.79 Å². The van der Waals surface area contributed by atoms with Crippen LogP contribution in [0.2, 0.25) is 0 Å². The Balaban J connectivity index is 1.67. The van der Waals surface area contributed by atoms with E-state index in [0.29, 0.717) is 18.5 Å². The minimum absolute atomic E-state index is 0.159. The van der Waals surface area contributed by atoms with Gasteiger partial charge in [0.05, 0.1) is 5.92 Å². The lowest BCUT2D eigenvalue weighted by molar-refractivity contribution is -0.132. The molecule has 1 aliphatic carbocycles. The molecule has 96 valence electrons. The Labute approximate surface area is 112 Å². The third kappa shape index (κ3) is 2.06. The number of carbonyl (C=O) groups excluding carboxylic acids is 1. The average Bonchev–Trinajstić information content (AvgIpc) is 2.78. The van der Waals surface area contributed by atoms with Crippen molar-refractivity contribution in [3.05, 3.63) is 0 Å². The first-order valence-electron chi connectivity index (χ1n) is 6.37. The van der Waals surface area contributed by atoms with Crippen LogP contribution in [0.3, 0.4) is 0 Å². The van der Waals surface area contributed by atoms with Crippen LogP contribution >= 0.6 is 23.2 Å². The Kier molecular flexibility index (Phi) is 2.84. The van der Waals surface area contributed by atoms with Crippen molar-refractivity contribution < 1.29 is 4.79 Å². The molecule has 2 bridgehead atoms. The summed E-state index contributed by atoms with van der Waals surface area (Å²) in [6, 6.07) is 1.19. The third-order valence-electron chi connectivity index (χ3n) is 4.58. The maximum atomic E-state index is 12.3. The molecule has 2 saturated heterocycles. The van der Waals surface area contributed by atoms with Gasteiger partial charge in [-0.3, -0.25) is 9.69 Å². The van der Waals surface area contributed by atoms with E-state index in [0.717, 1.165) is 19.5 Å². The topological polar surface area (TPSA) is 23.6 Å². The van der Waals surface area contributed by atoms with Crippen LogP contribution in [0.4, 0.5) is 0 Å². The summed E-state index contributed by atoms with van der Waals surface area (Å²) in [4.78, 5) is 16.7. The van der Waals surface area contributed by atoms with Gasteiger partial charge in [0.25, 0.3) is 0 Å². The molecule has 1 saturated carbocycles. The summed E-state index contributed by atoms with van der Waals surface area (Å²) in [6.45, 7) is 1.72. The smallest absolute Gasteiger partial charge is 0.228 e. The molecule has 3 unspecified atom stereocenters. The van der Waals surface area contributed by atoms with Crippen molar-refractivity contribution in [3.8, 4) is 0 Å². The van der Waals surface area contributed by atoms with Gasteiger partial charge in [0.15, 0.2) is 0 Å². The summed E-state index contributed by atoms with van der Waals surface area (Å²) in [5, 5.41) is 0. The Morgan fingerprint density at radius 2 is 1.88 bits per heavy atom. The van der Waals surface area contributed by atoms with Crippen LogP contribution in [0.15, 0.2) is 0 Å². The van der Waals surface area contributed by atoms with E-state index < -0.39 is 4.33 Å². The molecule has 0 radical (unpaired) electrons. The molecular formula is C12H18Cl2N2O. The van der Waals surface area contributed by atoms with Crippen LogP contribution in [0, 0.1) is 5.92 Å². The second-order valence-electron chi connectivity index (χ2n) is 5.64. The van der Waals surface area contributed by atoms with E-state index in [2.05, 4.69) is 11.9 Å². The number of alkyl halides is 2. The van der Waals surface area contributed by atoms with Gasteiger partial charge in [-0.25, -0.2) is 0 Å². The van der Waals surface area contributed by atoms with Crippen molar-refractivity contribution in [3.63, 3.8) is 0 Å². The van der Waals surface area contributed by atoms with Gasteiger partial charge in [0, 0.05) is 25.2 Å². The second kappa shape index (κ2) is 4.01. The lowest BCUT2D eigenvalue weighted by atomic mass is 10.1. The van der Waals surface area contributed by atoms with Gasteiger partial charge in [0.1, 0.15) is 4.33 Å². The molecule has 0 aromatic rings. The maximum Gasteiger partial charge on any atom is 0.228 e. The van der Waals surface area contributed by atoms with Crippen molar-refractivity contribution >= 4 is 29.1 Å². The summed E-state index contributed by atoms with van der Waals surface area (Å²) in [5.41, 5.74) is 0. The molecule has 5 heteroatoms. The molecule has 0 aromatic carbocycles. The van der Waals surface area contributed by atoms with Crippen molar-refractivity contribution in [2.24, 2.45) is 5.92 Å². The minimum Gasteiger partial charge on any atom is -0.341 e. The maximum absolute atomic E-state index is 12.3. The van der Waals surface area contributed by atoms with Gasteiger partial charge in [-0.15, -0.1) is 23.2 Å². The molecule has 0 N–H and O–H groups in total. The van der Waals surface area contributed by atoms with Crippen molar-refractivity contribution in [2.45, 2.75) is 42.1 Å². The summed E-state index contributed by atoms with van der Waals surface area (Å²) < 4.78 is -0.783. The normalized spacial score (nSPS) is 40.2. The number of nitrogens with zero attached hydrogens (tertiary/aromatic N) is 2. The number of hydrogen-bond acceptors (Lipinski definition) is 2. The molecule has 3 fully saturated rings. The molecule has 0 spiro atoms. The Morgan fingerprint density at radius 1 is 1.24 bits per heavy atom. The summed E-state index contributed by atoms with van der Waals surface area (Å²) in [5.74, 6) is 0.00344. The predicted octanol–water partition coefficient (Wildman–Crippen LogP) is 1.88. The molecule has 3 rings (SSSR count). The predicted molar refractivity (Wildman–Crippen MR) is 68.3 cm³/mol. The fraction of sp³-hybridized carbons (Fsp3) is 0.917. The van der Waals surface area contributed by atoms with Crippen LogP contribution in [0.25, 0.3) is 0 Å². The summed E-state index contributed by atoms with van der Waals surface area (Å²) in [6.07, 6.45) is 4.20. The quantitative estimate of drug-likeness (QED) is 0.683. The van der Waals surface area contributed by atoms with E-state index >= 15 is 0 Å². The second-order valence-corrected chi connectivity index (χ2v) is 7.18. The number of carbonyl (C=O) groups is 1. The van der Waals surface area contributed by atoms with Crippen LogP contribution < -0.4 is 0 Å². The van der Waals surface area contributed by atoms with Crippen LogP contribution in [-0.4, -0.2) is 52.3 Å². The monoisotopic (exact) mass is 276 g/mol. The molecule has 3 atom stereocenters. The molecule has 2 aliphatic heterocycles. The van der Waals surface area contributed by atoms with Crippen LogP contribution in [0.5, 0.6) is 0 Å². The molecule has 2 heterocycles. The Hall–Kier alpha value is 0.01000. The van der Waals surface area contributed by atoms with Crippen molar-refractivity contribution in [2.75, 3.05) is 20.1 Å². The van der Waals surface area contributed by atoms with Crippen LogP contribution in [0.1, 0.15) is 25.7 Å². The zero-order chi connectivity index (χ0) is 12.2. The molecule has 0 aromatic heterocycles. The van der Waals surface area contributed by atoms with E-state index in [-0.39, 0.29) is 11.8 Å².